The quantitative estimate of drug-likeness (QED) is 0.904. The third-order valence-corrected chi connectivity index (χ3v) is 3.53. The number of hydrogen-bond donors (Lipinski definition) is 1. The van der Waals surface area contributed by atoms with Gasteiger partial charge in [0.1, 0.15) is 0 Å². The number of nitrogens with zero attached hydrogens (tertiary/aromatic N) is 1. The zero-order chi connectivity index (χ0) is 17.0. The Bertz CT molecular complexity index is 720. The van der Waals surface area contributed by atoms with Crippen molar-refractivity contribution in [1.29, 1.82) is 0 Å². The molecule has 0 heterocycles. The number of rotatable bonds is 5. The van der Waals surface area contributed by atoms with Crippen molar-refractivity contribution >= 4 is 28.9 Å². The molecular weight excluding hydrogens is 319 g/mol. The number of carbonyl (C=O) groups is 1. The average molecular weight is 337 g/mol. The fourth-order valence-electron chi connectivity index (χ4n) is 2.20. The highest BCUT2D eigenvalue weighted by molar-refractivity contribution is 6.31. The average Bonchev–Trinajstić information content (AvgIpc) is 2.47. The summed E-state index contributed by atoms with van der Waals surface area (Å²) in [5.74, 6) is -0.589. The predicted molar refractivity (Wildman–Crippen MR) is 91.1 cm³/mol. The van der Waals surface area contributed by atoms with E-state index in [0.717, 1.165) is 5.69 Å². The third kappa shape index (κ3) is 4.36. The minimum Gasteiger partial charge on any atom is -0.494 e. The van der Waals surface area contributed by atoms with Gasteiger partial charge in [0.15, 0.2) is 11.6 Å². The van der Waals surface area contributed by atoms with Gasteiger partial charge in [0, 0.05) is 19.1 Å². The first-order chi connectivity index (χ1) is 10.9. The van der Waals surface area contributed by atoms with E-state index in [1.54, 1.807) is 18.2 Å². The molecule has 23 heavy (non-hydrogen) atoms. The number of methoxy groups -OCH3 is 1. The molecule has 0 saturated heterocycles. The van der Waals surface area contributed by atoms with Gasteiger partial charge in [-0.3, -0.25) is 4.79 Å². The van der Waals surface area contributed by atoms with Crippen LogP contribution in [0.25, 0.3) is 0 Å². The predicted octanol–water partition coefficient (Wildman–Crippen LogP) is 3.73. The fraction of sp³-hybridized carbons (Fsp3) is 0.235. The highest BCUT2D eigenvalue weighted by Gasteiger charge is 2.11. The van der Waals surface area contributed by atoms with Crippen LogP contribution in [-0.4, -0.2) is 27.1 Å². The molecule has 0 atom stereocenters. The molecule has 0 aliphatic rings. The molecule has 0 spiro atoms. The number of halogens is 2. The smallest absolute Gasteiger partial charge is 0.228 e. The van der Waals surface area contributed by atoms with Crippen LogP contribution < -0.4 is 15.0 Å². The lowest BCUT2D eigenvalue weighted by Gasteiger charge is -2.18. The second-order valence-electron chi connectivity index (χ2n) is 5.25. The van der Waals surface area contributed by atoms with E-state index >= 15 is 0 Å². The Balaban J connectivity index is 2.14. The van der Waals surface area contributed by atoms with Gasteiger partial charge in [0.25, 0.3) is 0 Å². The summed E-state index contributed by atoms with van der Waals surface area (Å²) in [5, 5.41) is 3.34. The summed E-state index contributed by atoms with van der Waals surface area (Å²) in [7, 11) is 5.14. The van der Waals surface area contributed by atoms with E-state index in [1.807, 2.05) is 25.1 Å². The summed E-state index contributed by atoms with van der Waals surface area (Å²) in [6.07, 6.45) is 0.0558. The molecule has 0 saturated carbocycles. The van der Waals surface area contributed by atoms with E-state index in [9.17, 15) is 9.18 Å². The number of anilines is 2. The Morgan fingerprint density at radius 3 is 2.61 bits per heavy atom. The lowest BCUT2D eigenvalue weighted by Crippen LogP contribution is -2.18. The number of hydrogen-bond acceptors (Lipinski definition) is 3. The molecule has 0 bridgehead atoms. The second kappa shape index (κ2) is 7.33. The van der Waals surface area contributed by atoms with Gasteiger partial charge in [-0.1, -0.05) is 17.7 Å². The maximum absolute atomic E-state index is 13.7. The molecule has 2 aromatic rings. The molecule has 0 aliphatic heterocycles. The maximum atomic E-state index is 13.7. The Hall–Kier alpha value is -2.27. The Kier molecular flexibility index (Phi) is 5.45. The van der Waals surface area contributed by atoms with Crippen molar-refractivity contribution < 1.29 is 13.9 Å². The third-order valence-electron chi connectivity index (χ3n) is 3.30. The van der Waals surface area contributed by atoms with E-state index in [2.05, 4.69) is 5.32 Å². The molecule has 4 nitrogen and oxygen atoms in total. The van der Waals surface area contributed by atoms with Crippen molar-refractivity contribution in [1.82, 2.24) is 0 Å². The van der Waals surface area contributed by atoms with Crippen molar-refractivity contribution in [3.8, 4) is 5.75 Å². The monoisotopic (exact) mass is 336 g/mol. The van der Waals surface area contributed by atoms with Crippen molar-refractivity contribution in [3.05, 3.63) is 52.8 Å². The van der Waals surface area contributed by atoms with E-state index in [4.69, 9.17) is 16.3 Å². The normalized spacial score (nSPS) is 10.3. The summed E-state index contributed by atoms with van der Waals surface area (Å²) in [6.45, 7) is 0. The van der Waals surface area contributed by atoms with Crippen LogP contribution in [0.4, 0.5) is 15.8 Å². The Morgan fingerprint density at radius 2 is 2.00 bits per heavy atom. The highest BCUT2D eigenvalue weighted by atomic mass is 35.5. The van der Waals surface area contributed by atoms with Crippen LogP contribution in [-0.2, 0) is 11.2 Å². The van der Waals surface area contributed by atoms with Crippen LogP contribution in [0.2, 0.25) is 5.02 Å². The molecule has 2 aromatic carbocycles. The SMILES string of the molecule is COc1ccc(CC(=O)Nc2cc(Cl)ccc2N(C)C)cc1F. The van der Waals surface area contributed by atoms with Crippen LogP contribution in [0.5, 0.6) is 5.75 Å². The molecule has 122 valence electrons. The van der Waals surface area contributed by atoms with Crippen molar-refractivity contribution in [2.75, 3.05) is 31.4 Å². The van der Waals surface area contributed by atoms with Crippen LogP contribution in [0.15, 0.2) is 36.4 Å². The van der Waals surface area contributed by atoms with Gasteiger partial charge >= 0.3 is 0 Å². The van der Waals surface area contributed by atoms with Gasteiger partial charge < -0.3 is 15.0 Å². The first-order valence-corrected chi connectivity index (χ1v) is 7.37. The summed E-state index contributed by atoms with van der Waals surface area (Å²) < 4.78 is 18.5. The first kappa shape index (κ1) is 17.1. The van der Waals surface area contributed by atoms with Gasteiger partial charge in [-0.25, -0.2) is 4.39 Å². The Morgan fingerprint density at radius 1 is 1.26 bits per heavy atom. The largest absolute Gasteiger partial charge is 0.494 e. The second-order valence-corrected chi connectivity index (χ2v) is 5.69. The zero-order valence-electron chi connectivity index (χ0n) is 13.2. The summed E-state index contributed by atoms with van der Waals surface area (Å²) >= 11 is 5.99. The molecule has 0 aliphatic carbocycles. The topological polar surface area (TPSA) is 41.6 Å². The van der Waals surface area contributed by atoms with E-state index in [1.165, 1.54) is 19.2 Å². The number of benzene rings is 2. The zero-order valence-corrected chi connectivity index (χ0v) is 13.9. The number of nitrogens with one attached hydrogen (secondary N) is 1. The van der Waals surface area contributed by atoms with Crippen molar-refractivity contribution in [3.63, 3.8) is 0 Å². The van der Waals surface area contributed by atoms with Crippen LogP contribution in [0, 0.1) is 5.82 Å². The van der Waals surface area contributed by atoms with E-state index in [0.29, 0.717) is 16.3 Å². The molecule has 0 radical (unpaired) electrons. The van der Waals surface area contributed by atoms with Gasteiger partial charge in [-0.05, 0) is 35.9 Å². The minimum atomic E-state index is -0.491. The molecule has 0 fully saturated rings. The highest BCUT2D eigenvalue weighted by Crippen LogP contribution is 2.28. The maximum Gasteiger partial charge on any atom is 0.228 e. The lowest BCUT2D eigenvalue weighted by atomic mass is 10.1. The number of carbonyl (C=O) groups excluding carboxylic acids is 1. The van der Waals surface area contributed by atoms with Crippen LogP contribution in [0.3, 0.4) is 0 Å². The Labute approximate surface area is 139 Å². The van der Waals surface area contributed by atoms with Crippen LogP contribution in [0.1, 0.15) is 5.56 Å². The molecule has 2 rings (SSSR count). The summed E-state index contributed by atoms with van der Waals surface area (Å²) in [5.41, 5.74) is 2.01. The molecular formula is C17H18ClFN2O2. The summed E-state index contributed by atoms with van der Waals surface area (Å²) in [4.78, 5) is 14.1. The van der Waals surface area contributed by atoms with Gasteiger partial charge in [0.2, 0.25) is 5.91 Å². The number of ether oxygens (including phenoxy) is 1. The first-order valence-electron chi connectivity index (χ1n) is 7.00. The van der Waals surface area contributed by atoms with Crippen LogP contribution >= 0.6 is 11.6 Å². The number of amides is 1. The van der Waals surface area contributed by atoms with E-state index < -0.39 is 5.82 Å². The summed E-state index contributed by atoms with van der Waals surface area (Å²) in [6, 6.07) is 9.72. The van der Waals surface area contributed by atoms with Crippen molar-refractivity contribution in [2.45, 2.75) is 6.42 Å². The molecule has 1 amide bonds. The van der Waals surface area contributed by atoms with Gasteiger partial charge in [-0.2, -0.15) is 0 Å². The van der Waals surface area contributed by atoms with Gasteiger partial charge in [-0.15, -0.1) is 0 Å². The molecule has 0 aromatic heterocycles. The minimum absolute atomic E-state index is 0.0558. The van der Waals surface area contributed by atoms with Gasteiger partial charge in [0.05, 0.1) is 24.9 Å². The molecule has 0 unspecified atom stereocenters. The fourth-order valence-corrected chi connectivity index (χ4v) is 2.37. The standard InChI is InChI=1S/C17H18ClFN2O2/c1-21(2)15-6-5-12(18)10-14(15)20-17(22)9-11-4-7-16(23-3)13(19)8-11/h4-8,10H,9H2,1-3H3,(H,20,22). The van der Waals surface area contributed by atoms with E-state index in [-0.39, 0.29) is 18.1 Å². The molecule has 1 N–H and O–H groups in total. The van der Waals surface area contributed by atoms with Crippen molar-refractivity contribution in [2.24, 2.45) is 0 Å². The molecule has 6 heteroatoms. The lowest BCUT2D eigenvalue weighted by molar-refractivity contribution is -0.115.